The lowest BCUT2D eigenvalue weighted by Gasteiger charge is -2.06. The van der Waals surface area contributed by atoms with Crippen molar-refractivity contribution >= 4 is 11.8 Å². The second-order valence-corrected chi connectivity index (χ2v) is 6.13. The van der Waals surface area contributed by atoms with Crippen LogP contribution in [0.2, 0.25) is 0 Å². The molecule has 0 amide bonds. The Balaban J connectivity index is 1.70. The van der Waals surface area contributed by atoms with Crippen molar-refractivity contribution < 1.29 is 13.5 Å². The number of benzene rings is 1. The summed E-state index contributed by atoms with van der Waals surface area (Å²) in [5.41, 5.74) is 0.629. The van der Waals surface area contributed by atoms with E-state index in [0.29, 0.717) is 22.3 Å². The zero-order valence-corrected chi connectivity index (χ0v) is 14.6. The Bertz CT molecular complexity index is 851. The molecule has 26 heavy (non-hydrogen) atoms. The highest BCUT2D eigenvalue weighted by atomic mass is 32.2. The number of nitrogens with two attached hydrogens (primary N) is 1. The number of rotatable bonds is 8. The van der Waals surface area contributed by atoms with Crippen molar-refractivity contribution in [3.63, 3.8) is 0 Å². The van der Waals surface area contributed by atoms with Crippen LogP contribution in [0.5, 0.6) is 5.75 Å². The number of aromatic nitrogens is 7. The lowest BCUT2D eigenvalue weighted by molar-refractivity contribution is -0.0498. The highest BCUT2D eigenvalue weighted by Crippen LogP contribution is 2.25. The molecule has 0 atom stereocenters. The maximum atomic E-state index is 12.2. The standard InChI is InChI=1S/C14H16F2N8OS/c1-2-7-23-11(18-21-22-23)8-26-14-20-19-12(24(14)17)9-3-5-10(6-4-9)25-13(15)16/h3-6,13H,2,7-8,17H2,1H3. The van der Waals surface area contributed by atoms with Gasteiger partial charge in [0, 0.05) is 12.1 Å². The van der Waals surface area contributed by atoms with Gasteiger partial charge in [0.1, 0.15) is 5.75 Å². The van der Waals surface area contributed by atoms with Crippen LogP contribution in [0.25, 0.3) is 11.4 Å². The van der Waals surface area contributed by atoms with E-state index in [1.165, 1.54) is 28.6 Å². The predicted molar refractivity (Wildman–Crippen MR) is 89.9 cm³/mol. The van der Waals surface area contributed by atoms with Crippen molar-refractivity contribution in [1.29, 1.82) is 0 Å². The molecule has 2 N–H and O–H groups in total. The Morgan fingerprint density at radius 3 is 2.65 bits per heavy atom. The SMILES string of the molecule is CCCn1nnnc1CSc1nnc(-c2ccc(OC(F)F)cc2)n1N. The van der Waals surface area contributed by atoms with Crippen LogP contribution in [0.3, 0.4) is 0 Å². The van der Waals surface area contributed by atoms with E-state index in [9.17, 15) is 8.78 Å². The first-order valence-electron chi connectivity index (χ1n) is 7.72. The third kappa shape index (κ3) is 4.07. The Kier molecular flexibility index (Phi) is 5.61. The maximum absolute atomic E-state index is 12.2. The fraction of sp³-hybridized carbons (Fsp3) is 0.357. The molecule has 0 unspecified atom stereocenters. The Hall–Kier alpha value is -2.76. The quantitative estimate of drug-likeness (QED) is 0.465. The van der Waals surface area contributed by atoms with Gasteiger partial charge in [-0.05, 0) is 41.1 Å². The molecule has 0 aliphatic carbocycles. The number of ether oxygens (including phenoxy) is 1. The number of tetrazole rings is 1. The molecule has 0 bridgehead atoms. The first kappa shape index (κ1) is 18.0. The third-order valence-corrected chi connectivity index (χ3v) is 4.31. The molecule has 12 heteroatoms. The van der Waals surface area contributed by atoms with Gasteiger partial charge in [-0.2, -0.15) is 8.78 Å². The number of aryl methyl sites for hydroxylation is 1. The summed E-state index contributed by atoms with van der Waals surface area (Å²) in [5.74, 6) is 7.72. The average Bonchev–Trinajstić information content (AvgIpc) is 3.20. The van der Waals surface area contributed by atoms with Gasteiger partial charge in [-0.15, -0.1) is 15.3 Å². The minimum Gasteiger partial charge on any atom is -0.435 e. The van der Waals surface area contributed by atoms with Gasteiger partial charge in [0.05, 0.1) is 5.75 Å². The number of hydrogen-bond acceptors (Lipinski definition) is 8. The topological polar surface area (TPSA) is 110 Å². The van der Waals surface area contributed by atoms with E-state index in [1.54, 1.807) is 16.8 Å². The number of alkyl halides is 2. The van der Waals surface area contributed by atoms with Crippen LogP contribution in [-0.4, -0.2) is 41.7 Å². The van der Waals surface area contributed by atoms with Gasteiger partial charge in [-0.1, -0.05) is 18.7 Å². The maximum Gasteiger partial charge on any atom is 0.387 e. The Labute approximate surface area is 151 Å². The summed E-state index contributed by atoms with van der Waals surface area (Å²) in [7, 11) is 0. The van der Waals surface area contributed by atoms with Crippen molar-refractivity contribution in [2.75, 3.05) is 5.84 Å². The van der Waals surface area contributed by atoms with E-state index >= 15 is 0 Å². The summed E-state index contributed by atoms with van der Waals surface area (Å²) >= 11 is 1.35. The molecule has 0 saturated heterocycles. The van der Waals surface area contributed by atoms with E-state index in [1.807, 2.05) is 6.92 Å². The van der Waals surface area contributed by atoms with E-state index in [-0.39, 0.29) is 5.75 Å². The van der Waals surface area contributed by atoms with Crippen LogP contribution >= 0.6 is 11.8 Å². The van der Waals surface area contributed by atoms with Crippen molar-refractivity contribution in [1.82, 2.24) is 35.1 Å². The van der Waals surface area contributed by atoms with Gasteiger partial charge in [-0.25, -0.2) is 9.36 Å². The molecule has 9 nitrogen and oxygen atoms in total. The predicted octanol–water partition coefficient (Wildman–Crippen LogP) is 1.95. The first-order chi connectivity index (χ1) is 12.6. The molecule has 0 aliphatic rings. The third-order valence-electron chi connectivity index (χ3n) is 3.37. The molecule has 0 spiro atoms. The minimum absolute atomic E-state index is 0.0594. The Morgan fingerprint density at radius 2 is 1.96 bits per heavy atom. The number of halogens is 2. The molecule has 2 aromatic heterocycles. The zero-order valence-electron chi connectivity index (χ0n) is 13.8. The molecule has 3 aromatic rings. The lowest BCUT2D eigenvalue weighted by atomic mass is 10.2. The van der Waals surface area contributed by atoms with Crippen molar-refractivity contribution in [3.05, 3.63) is 30.1 Å². The molecular weight excluding hydrogens is 366 g/mol. The minimum atomic E-state index is -2.87. The number of nitrogens with zero attached hydrogens (tertiary/aromatic N) is 7. The van der Waals surface area contributed by atoms with Gasteiger partial charge in [-0.3, -0.25) is 0 Å². The monoisotopic (exact) mass is 382 g/mol. The molecule has 3 rings (SSSR count). The van der Waals surface area contributed by atoms with Crippen LogP contribution in [0.4, 0.5) is 8.78 Å². The van der Waals surface area contributed by atoms with Crippen LogP contribution in [0.1, 0.15) is 19.2 Å². The number of thioether (sulfide) groups is 1. The average molecular weight is 382 g/mol. The van der Waals surface area contributed by atoms with Gasteiger partial charge < -0.3 is 10.6 Å². The molecule has 2 heterocycles. The van der Waals surface area contributed by atoms with E-state index < -0.39 is 6.61 Å². The van der Waals surface area contributed by atoms with Crippen LogP contribution in [0, 0.1) is 0 Å². The highest BCUT2D eigenvalue weighted by Gasteiger charge is 2.15. The second kappa shape index (κ2) is 8.08. The molecule has 0 aliphatic heterocycles. The van der Waals surface area contributed by atoms with Crippen molar-refractivity contribution in [2.45, 2.75) is 37.4 Å². The fourth-order valence-electron chi connectivity index (χ4n) is 2.20. The van der Waals surface area contributed by atoms with Gasteiger partial charge in [0.25, 0.3) is 0 Å². The van der Waals surface area contributed by atoms with Crippen molar-refractivity contribution in [2.24, 2.45) is 0 Å². The van der Waals surface area contributed by atoms with Crippen LogP contribution < -0.4 is 10.6 Å². The molecule has 0 fully saturated rings. The van der Waals surface area contributed by atoms with Gasteiger partial charge in [0.15, 0.2) is 11.6 Å². The Morgan fingerprint density at radius 1 is 1.19 bits per heavy atom. The molecule has 0 saturated carbocycles. The highest BCUT2D eigenvalue weighted by molar-refractivity contribution is 7.98. The molecule has 0 radical (unpaired) electrons. The molecule has 138 valence electrons. The summed E-state index contributed by atoms with van der Waals surface area (Å²) in [6.45, 7) is -0.0959. The largest absolute Gasteiger partial charge is 0.435 e. The van der Waals surface area contributed by atoms with Crippen LogP contribution in [0.15, 0.2) is 29.4 Å². The molecular formula is C14H16F2N8OS. The fourth-order valence-corrected chi connectivity index (χ4v) is 2.99. The normalized spacial score (nSPS) is 11.2. The summed E-state index contributed by atoms with van der Waals surface area (Å²) in [4.78, 5) is 0. The summed E-state index contributed by atoms with van der Waals surface area (Å²) in [5, 5.41) is 20.2. The second-order valence-electron chi connectivity index (χ2n) is 5.19. The molecule has 1 aromatic carbocycles. The number of hydrogen-bond donors (Lipinski definition) is 1. The van der Waals surface area contributed by atoms with Gasteiger partial charge >= 0.3 is 6.61 Å². The number of nitrogen functional groups attached to an aromatic ring is 1. The van der Waals surface area contributed by atoms with Crippen LogP contribution in [-0.2, 0) is 12.3 Å². The summed E-state index contributed by atoms with van der Waals surface area (Å²) in [6, 6.07) is 6.01. The summed E-state index contributed by atoms with van der Waals surface area (Å²) in [6.07, 6.45) is 0.922. The summed E-state index contributed by atoms with van der Waals surface area (Å²) < 4.78 is 31.8. The van der Waals surface area contributed by atoms with Crippen molar-refractivity contribution in [3.8, 4) is 17.1 Å². The van der Waals surface area contributed by atoms with Gasteiger partial charge in [0.2, 0.25) is 5.16 Å². The van der Waals surface area contributed by atoms with E-state index in [2.05, 4.69) is 30.5 Å². The first-order valence-corrected chi connectivity index (χ1v) is 8.70. The lowest BCUT2D eigenvalue weighted by Crippen LogP contribution is -2.12. The van der Waals surface area contributed by atoms with E-state index in [4.69, 9.17) is 5.84 Å². The smallest absolute Gasteiger partial charge is 0.387 e. The zero-order chi connectivity index (χ0) is 18.5. The van der Waals surface area contributed by atoms with E-state index in [0.717, 1.165) is 18.8 Å².